The van der Waals surface area contributed by atoms with E-state index in [2.05, 4.69) is 21.2 Å². The fourth-order valence-corrected chi connectivity index (χ4v) is 5.78. The number of piperidine rings is 2. The van der Waals surface area contributed by atoms with Gasteiger partial charge in [0.1, 0.15) is 23.2 Å². The molecule has 0 aliphatic carbocycles. The third kappa shape index (κ3) is 6.31. The number of likely N-dealkylation sites (tertiary alicyclic amines) is 1. The third-order valence-corrected chi connectivity index (χ3v) is 8.13. The maximum Gasteiger partial charge on any atom is 0.287 e. The van der Waals surface area contributed by atoms with Crippen LogP contribution in [0.2, 0.25) is 0 Å². The number of hydrogen-bond acceptors (Lipinski definition) is 7. The Labute approximate surface area is 239 Å². The summed E-state index contributed by atoms with van der Waals surface area (Å²) in [7, 11) is 0. The Morgan fingerprint density at radius 1 is 0.976 bits per heavy atom. The summed E-state index contributed by atoms with van der Waals surface area (Å²) in [4.78, 5) is 17.6. The fraction of sp³-hybridized carbons (Fsp3) is 0.333. The topological polar surface area (TPSA) is 102 Å². The smallest absolute Gasteiger partial charge is 0.287 e. The number of amides is 1. The number of carbonyl (C=O) groups is 1. The Morgan fingerprint density at radius 3 is 2.49 bits per heavy atom. The summed E-state index contributed by atoms with van der Waals surface area (Å²) < 4.78 is 12.2. The second kappa shape index (κ2) is 11.9. The summed E-state index contributed by atoms with van der Waals surface area (Å²) in [5, 5.41) is 22.9. The molecule has 0 bridgehead atoms. The van der Waals surface area contributed by atoms with Gasteiger partial charge in [-0.3, -0.25) is 9.69 Å². The van der Waals surface area contributed by atoms with E-state index in [4.69, 9.17) is 9.15 Å². The normalized spacial score (nSPS) is 16.9. The highest BCUT2D eigenvalue weighted by Gasteiger charge is 2.24. The summed E-state index contributed by atoms with van der Waals surface area (Å²) in [5.41, 5.74) is 3.51. The number of phenols is 1. The van der Waals surface area contributed by atoms with E-state index in [-0.39, 0.29) is 23.8 Å². The number of furan rings is 1. The first kappa shape index (κ1) is 26.7. The third-order valence-electron chi connectivity index (χ3n) is 8.13. The minimum absolute atomic E-state index is 0.0875. The number of nitriles is 1. The van der Waals surface area contributed by atoms with Crippen molar-refractivity contribution in [2.24, 2.45) is 0 Å². The highest BCUT2D eigenvalue weighted by molar-refractivity contribution is 5.96. The minimum Gasteiger partial charge on any atom is -0.508 e. The summed E-state index contributed by atoms with van der Waals surface area (Å²) in [6, 6.07) is 24.9. The van der Waals surface area contributed by atoms with Crippen LogP contribution in [-0.2, 0) is 6.54 Å². The molecule has 8 heteroatoms. The first-order valence-electron chi connectivity index (χ1n) is 14.3. The predicted octanol–water partition coefficient (Wildman–Crippen LogP) is 5.45. The van der Waals surface area contributed by atoms with Crippen molar-refractivity contribution < 1.29 is 19.1 Å². The van der Waals surface area contributed by atoms with Crippen molar-refractivity contribution in [1.82, 2.24) is 10.2 Å². The van der Waals surface area contributed by atoms with Crippen LogP contribution >= 0.6 is 0 Å². The van der Waals surface area contributed by atoms with Gasteiger partial charge in [0.2, 0.25) is 0 Å². The zero-order valence-electron chi connectivity index (χ0n) is 23.0. The molecule has 2 aliphatic heterocycles. The van der Waals surface area contributed by atoms with Crippen LogP contribution in [0.1, 0.15) is 47.4 Å². The number of nitrogens with one attached hydrogen (secondary N) is 1. The van der Waals surface area contributed by atoms with E-state index < -0.39 is 0 Å². The summed E-state index contributed by atoms with van der Waals surface area (Å²) in [6.45, 7) is 4.23. The van der Waals surface area contributed by atoms with Crippen LogP contribution in [0.4, 0.5) is 5.69 Å². The van der Waals surface area contributed by atoms with Gasteiger partial charge in [0, 0.05) is 68.7 Å². The van der Waals surface area contributed by atoms with Gasteiger partial charge in [-0.15, -0.1) is 0 Å². The Balaban J connectivity index is 0.998. The number of nitrogens with zero attached hydrogens (tertiary/aromatic N) is 3. The molecule has 2 fully saturated rings. The number of rotatable bonds is 7. The van der Waals surface area contributed by atoms with E-state index in [1.54, 1.807) is 18.2 Å². The van der Waals surface area contributed by atoms with Gasteiger partial charge in [0.15, 0.2) is 5.76 Å². The quantitative estimate of drug-likeness (QED) is 0.315. The number of benzene rings is 3. The number of fused-ring (bicyclic) bond motifs is 1. The van der Waals surface area contributed by atoms with E-state index in [1.807, 2.05) is 54.6 Å². The second-order valence-electron chi connectivity index (χ2n) is 10.9. The first-order chi connectivity index (χ1) is 20.0. The molecule has 6 rings (SSSR count). The average molecular weight is 551 g/mol. The zero-order chi connectivity index (χ0) is 28.2. The Morgan fingerprint density at radius 2 is 1.73 bits per heavy atom. The molecule has 3 heterocycles. The van der Waals surface area contributed by atoms with Crippen molar-refractivity contribution in [2.75, 3.05) is 31.1 Å². The number of anilines is 1. The van der Waals surface area contributed by atoms with Gasteiger partial charge in [-0.1, -0.05) is 18.2 Å². The van der Waals surface area contributed by atoms with Crippen LogP contribution in [0.5, 0.6) is 11.5 Å². The molecule has 2 aliphatic rings. The van der Waals surface area contributed by atoms with Crippen molar-refractivity contribution in [3.8, 4) is 17.6 Å². The molecule has 8 nitrogen and oxygen atoms in total. The average Bonchev–Trinajstić information content (AvgIpc) is 3.43. The van der Waals surface area contributed by atoms with Crippen molar-refractivity contribution in [1.29, 1.82) is 5.26 Å². The standard InChI is InChI=1S/C33H34N4O4/c34-21-24-3-1-2-4-25(24)22-36-15-11-26(12-16-36)35-33(39)32-19-23-5-10-30(20-31(23)41-32)40-29-13-17-37(18-14-29)27-6-8-28(38)9-7-27/h1-10,19-20,26,29,38H,11-18,22H2,(H,35,39). The van der Waals surface area contributed by atoms with Gasteiger partial charge in [0.25, 0.3) is 5.91 Å². The monoisotopic (exact) mass is 550 g/mol. The lowest BCUT2D eigenvalue weighted by molar-refractivity contribution is 0.0883. The second-order valence-corrected chi connectivity index (χ2v) is 10.9. The maximum atomic E-state index is 13.0. The summed E-state index contributed by atoms with van der Waals surface area (Å²) in [5.74, 6) is 1.13. The van der Waals surface area contributed by atoms with Gasteiger partial charge >= 0.3 is 0 Å². The van der Waals surface area contributed by atoms with Crippen molar-refractivity contribution in [3.63, 3.8) is 0 Å². The molecule has 0 radical (unpaired) electrons. The fourth-order valence-electron chi connectivity index (χ4n) is 5.78. The van der Waals surface area contributed by atoms with E-state index in [0.717, 1.165) is 86.4 Å². The van der Waals surface area contributed by atoms with Crippen molar-refractivity contribution in [2.45, 2.75) is 44.4 Å². The number of carbonyl (C=O) groups excluding carboxylic acids is 1. The van der Waals surface area contributed by atoms with Crippen LogP contribution in [0.25, 0.3) is 11.0 Å². The molecule has 0 atom stereocenters. The molecule has 2 saturated heterocycles. The van der Waals surface area contributed by atoms with E-state index >= 15 is 0 Å². The largest absolute Gasteiger partial charge is 0.508 e. The van der Waals surface area contributed by atoms with Gasteiger partial charge in [-0.05, 0) is 66.9 Å². The van der Waals surface area contributed by atoms with Crippen LogP contribution in [-0.4, -0.2) is 54.2 Å². The molecule has 2 N–H and O–H groups in total. The number of aromatic hydroxyl groups is 1. The molecule has 0 unspecified atom stereocenters. The molecule has 1 amide bonds. The van der Waals surface area contributed by atoms with E-state index in [1.165, 1.54) is 0 Å². The molecule has 1 aromatic heterocycles. The minimum atomic E-state index is -0.196. The van der Waals surface area contributed by atoms with Crippen molar-refractivity contribution in [3.05, 3.63) is 89.7 Å². The SMILES string of the molecule is N#Cc1ccccc1CN1CCC(NC(=O)c2cc3ccc(OC4CCN(c5ccc(O)cc5)CC4)cc3o2)CC1. The molecule has 0 saturated carbocycles. The van der Waals surface area contributed by atoms with E-state index in [0.29, 0.717) is 11.3 Å². The van der Waals surface area contributed by atoms with Crippen molar-refractivity contribution >= 4 is 22.6 Å². The lowest BCUT2D eigenvalue weighted by Gasteiger charge is -2.33. The number of ether oxygens (including phenoxy) is 1. The van der Waals surface area contributed by atoms with Gasteiger partial charge in [-0.25, -0.2) is 0 Å². The molecule has 210 valence electrons. The summed E-state index contributed by atoms with van der Waals surface area (Å²) in [6.07, 6.45) is 3.61. The van der Waals surface area contributed by atoms with Crippen LogP contribution in [0, 0.1) is 11.3 Å². The first-order valence-corrected chi connectivity index (χ1v) is 14.3. The number of hydrogen-bond donors (Lipinski definition) is 2. The summed E-state index contributed by atoms with van der Waals surface area (Å²) >= 11 is 0. The predicted molar refractivity (Wildman–Crippen MR) is 157 cm³/mol. The van der Waals surface area contributed by atoms with Gasteiger partial charge in [-0.2, -0.15) is 5.26 Å². The Bertz CT molecular complexity index is 1540. The maximum absolute atomic E-state index is 13.0. The number of phenolic OH excluding ortho intramolecular Hbond substituents is 1. The molecule has 41 heavy (non-hydrogen) atoms. The molecular weight excluding hydrogens is 516 g/mol. The lowest BCUT2D eigenvalue weighted by Crippen LogP contribution is -2.44. The van der Waals surface area contributed by atoms with Crippen LogP contribution in [0.15, 0.2) is 77.2 Å². The molecule has 0 spiro atoms. The lowest BCUT2D eigenvalue weighted by atomic mass is 10.0. The Kier molecular flexibility index (Phi) is 7.79. The van der Waals surface area contributed by atoms with Gasteiger partial charge in [0.05, 0.1) is 11.6 Å². The Hall–Kier alpha value is -4.48. The molecule has 4 aromatic rings. The van der Waals surface area contributed by atoms with Crippen LogP contribution < -0.4 is 15.0 Å². The zero-order valence-corrected chi connectivity index (χ0v) is 23.0. The molecular formula is C33H34N4O4. The van der Waals surface area contributed by atoms with Crippen LogP contribution in [0.3, 0.4) is 0 Å². The van der Waals surface area contributed by atoms with E-state index in [9.17, 15) is 15.2 Å². The molecule has 3 aromatic carbocycles. The highest BCUT2D eigenvalue weighted by atomic mass is 16.5. The van der Waals surface area contributed by atoms with Gasteiger partial charge < -0.3 is 24.5 Å². The highest BCUT2D eigenvalue weighted by Crippen LogP contribution is 2.28.